The van der Waals surface area contributed by atoms with Crippen molar-refractivity contribution in [3.05, 3.63) is 53.2 Å². The number of aromatic hydroxyl groups is 1. The van der Waals surface area contributed by atoms with Crippen LogP contribution in [-0.4, -0.2) is 17.2 Å². The lowest BCUT2D eigenvalue weighted by atomic mass is 10.00. The van der Waals surface area contributed by atoms with Gasteiger partial charge in [0.25, 0.3) is 0 Å². The molecule has 0 aliphatic rings. The molecule has 0 amide bonds. The van der Waals surface area contributed by atoms with E-state index in [2.05, 4.69) is 32.0 Å². The van der Waals surface area contributed by atoms with Gasteiger partial charge in [0.2, 0.25) is 0 Å². The van der Waals surface area contributed by atoms with E-state index in [0.29, 0.717) is 5.75 Å². The van der Waals surface area contributed by atoms with Gasteiger partial charge in [0.15, 0.2) is 11.5 Å². The molecule has 22 heavy (non-hydrogen) atoms. The largest absolute Gasteiger partial charge is 0.504 e. The zero-order chi connectivity index (χ0) is 15.9. The predicted octanol–water partition coefficient (Wildman–Crippen LogP) is 4.54. The SMILES string of the molecule is COc1cc(-c2cc3cc(C)c(C)cc3c(C)n2)ccc1O. The Morgan fingerprint density at radius 1 is 0.955 bits per heavy atom. The molecule has 1 aromatic heterocycles. The summed E-state index contributed by atoms with van der Waals surface area (Å²) in [5.74, 6) is 0.590. The van der Waals surface area contributed by atoms with Gasteiger partial charge in [0, 0.05) is 16.6 Å². The second-order valence-corrected chi connectivity index (χ2v) is 5.64. The molecular formula is C19H19NO2. The fourth-order valence-corrected chi connectivity index (χ4v) is 2.68. The zero-order valence-electron chi connectivity index (χ0n) is 13.3. The van der Waals surface area contributed by atoms with Crippen LogP contribution in [-0.2, 0) is 0 Å². The monoisotopic (exact) mass is 293 g/mol. The van der Waals surface area contributed by atoms with Gasteiger partial charge in [0.1, 0.15) is 0 Å². The molecule has 0 spiro atoms. The van der Waals surface area contributed by atoms with Gasteiger partial charge in [-0.1, -0.05) is 6.07 Å². The van der Waals surface area contributed by atoms with Crippen LogP contribution in [0.1, 0.15) is 16.8 Å². The molecule has 0 bridgehead atoms. The van der Waals surface area contributed by atoms with Crippen LogP contribution in [0.15, 0.2) is 36.4 Å². The van der Waals surface area contributed by atoms with Crippen molar-refractivity contribution in [2.45, 2.75) is 20.8 Å². The number of nitrogens with zero attached hydrogens (tertiary/aromatic N) is 1. The number of rotatable bonds is 2. The second kappa shape index (κ2) is 5.34. The molecule has 0 radical (unpaired) electrons. The number of hydrogen-bond donors (Lipinski definition) is 1. The van der Waals surface area contributed by atoms with Crippen LogP contribution >= 0.6 is 0 Å². The Morgan fingerprint density at radius 3 is 2.41 bits per heavy atom. The molecule has 0 saturated carbocycles. The third-order valence-electron chi connectivity index (χ3n) is 4.11. The molecule has 2 aromatic carbocycles. The van der Waals surface area contributed by atoms with Crippen LogP contribution < -0.4 is 4.74 Å². The lowest BCUT2D eigenvalue weighted by Gasteiger charge is -2.11. The first-order chi connectivity index (χ1) is 10.5. The fourth-order valence-electron chi connectivity index (χ4n) is 2.68. The van der Waals surface area contributed by atoms with Crippen molar-refractivity contribution in [3.63, 3.8) is 0 Å². The Labute approximate surface area is 130 Å². The summed E-state index contributed by atoms with van der Waals surface area (Å²) in [4.78, 5) is 4.71. The van der Waals surface area contributed by atoms with E-state index in [9.17, 15) is 5.11 Å². The molecule has 0 aliphatic heterocycles. The van der Waals surface area contributed by atoms with Crippen molar-refractivity contribution in [2.75, 3.05) is 7.11 Å². The topological polar surface area (TPSA) is 42.4 Å². The number of methoxy groups -OCH3 is 1. The van der Waals surface area contributed by atoms with Crippen LogP contribution in [0, 0.1) is 20.8 Å². The highest BCUT2D eigenvalue weighted by Gasteiger charge is 2.09. The smallest absolute Gasteiger partial charge is 0.161 e. The lowest BCUT2D eigenvalue weighted by molar-refractivity contribution is 0.373. The maximum atomic E-state index is 9.73. The Kier molecular flexibility index (Phi) is 3.49. The van der Waals surface area contributed by atoms with E-state index < -0.39 is 0 Å². The normalized spacial score (nSPS) is 10.9. The van der Waals surface area contributed by atoms with Crippen LogP contribution in [0.5, 0.6) is 11.5 Å². The summed E-state index contributed by atoms with van der Waals surface area (Å²) in [6.07, 6.45) is 0. The summed E-state index contributed by atoms with van der Waals surface area (Å²) in [6, 6.07) is 11.8. The van der Waals surface area contributed by atoms with E-state index in [0.717, 1.165) is 17.0 Å². The summed E-state index contributed by atoms with van der Waals surface area (Å²) < 4.78 is 5.18. The van der Waals surface area contributed by atoms with Crippen molar-refractivity contribution < 1.29 is 9.84 Å². The summed E-state index contributed by atoms with van der Waals surface area (Å²) in [7, 11) is 1.55. The number of fused-ring (bicyclic) bond motifs is 1. The van der Waals surface area contributed by atoms with Crippen molar-refractivity contribution in [1.82, 2.24) is 4.98 Å². The van der Waals surface area contributed by atoms with Gasteiger partial charge >= 0.3 is 0 Å². The highest BCUT2D eigenvalue weighted by atomic mass is 16.5. The first kappa shape index (κ1) is 14.4. The highest BCUT2D eigenvalue weighted by molar-refractivity contribution is 5.89. The molecule has 0 fully saturated rings. The standard InChI is InChI=1S/C19H19NO2/c1-11-7-15-9-17(20-13(3)16(15)8-12(11)2)14-5-6-18(21)19(10-14)22-4/h5-10,21H,1-4H3. The molecular weight excluding hydrogens is 274 g/mol. The minimum atomic E-state index is 0.134. The number of phenols is 1. The average molecular weight is 293 g/mol. The minimum absolute atomic E-state index is 0.134. The Bertz CT molecular complexity index is 869. The number of phenolic OH excluding ortho intramolecular Hbond substituents is 1. The first-order valence-electron chi connectivity index (χ1n) is 7.25. The number of aryl methyl sites for hydroxylation is 3. The molecule has 0 aliphatic carbocycles. The maximum absolute atomic E-state index is 9.73. The number of benzene rings is 2. The molecule has 0 atom stereocenters. The molecule has 3 nitrogen and oxygen atoms in total. The van der Waals surface area contributed by atoms with E-state index >= 15 is 0 Å². The molecule has 3 aromatic rings. The first-order valence-corrected chi connectivity index (χ1v) is 7.25. The highest BCUT2D eigenvalue weighted by Crippen LogP contribution is 2.32. The van der Waals surface area contributed by atoms with Gasteiger partial charge in [-0.05, 0) is 67.6 Å². The van der Waals surface area contributed by atoms with Crippen molar-refractivity contribution in [3.8, 4) is 22.8 Å². The van der Waals surface area contributed by atoms with Crippen LogP contribution in [0.2, 0.25) is 0 Å². The molecule has 3 heteroatoms. The summed E-state index contributed by atoms with van der Waals surface area (Å²) >= 11 is 0. The number of pyridine rings is 1. The van der Waals surface area contributed by atoms with Gasteiger partial charge in [0.05, 0.1) is 12.8 Å². The maximum Gasteiger partial charge on any atom is 0.161 e. The number of aromatic nitrogens is 1. The third kappa shape index (κ3) is 2.39. The third-order valence-corrected chi connectivity index (χ3v) is 4.11. The van der Waals surface area contributed by atoms with Gasteiger partial charge in [-0.2, -0.15) is 0 Å². The molecule has 0 unspecified atom stereocenters. The molecule has 3 rings (SSSR count). The summed E-state index contributed by atoms with van der Waals surface area (Å²) in [6.45, 7) is 6.26. The van der Waals surface area contributed by atoms with Gasteiger partial charge in [-0.15, -0.1) is 0 Å². The van der Waals surface area contributed by atoms with Crippen molar-refractivity contribution >= 4 is 10.8 Å². The fraction of sp³-hybridized carbons (Fsp3) is 0.211. The van der Waals surface area contributed by atoms with Crippen LogP contribution in [0.4, 0.5) is 0 Å². The second-order valence-electron chi connectivity index (χ2n) is 5.64. The van der Waals surface area contributed by atoms with Gasteiger partial charge < -0.3 is 9.84 Å². The molecule has 1 heterocycles. The minimum Gasteiger partial charge on any atom is -0.504 e. The van der Waals surface area contributed by atoms with E-state index in [1.165, 1.54) is 21.9 Å². The zero-order valence-corrected chi connectivity index (χ0v) is 13.3. The van der Waals surface area contributed by atoms with Crippen LogP contribution in [0.25, 0.3) is 22.0 Å². The number of ether oxygens (including phenoxy) is 1. The number of hydrogen-bond acceptors (Lipinski definition) is 3. The van der Waals surface area contributed by atoms with Gasteiger partial charge in [-0.3, -0.25) is 4.98 Å². The van der Waals surface area contributed by atoms with E-state index in [-0.39, 0.29) is 5.75 Å². The predicted molar refractivity (Wildman–Crippen MR) is 89.6 cm³/mol. The van der Waals surface area contributed by atoms with E-state index in [1.54, 1.807) is 13.2 Å². The summed E-state index contributed by atoms with van der Waals surface area (Å²) in [5, 5.41) is 12.1. The van der Waals surface area contributed by atoms with E-state index in [4.69, 9.17) is 9.72 Å². The van der Waals surface area contributed by atoms with Crippen molar-refractivity contribution in [1.29, 1.82) is 0 Å². The van der Waals surface area contributed by atoms with E-state index in [1.807, 2.05) is 19.1 Å². The Balaban J connectivity index is 2.21. The Hall–Kier alpha value is -2.55. The van der Waals surface area contributed by atoms with Gasteiger partial charge in [-0.25, -0.2) is 0 Å². The average Bonchev–Trinajstić information content (AvgIpc) is 2.49. The molecule has 1 N–H and O–H groups in total. The van der Waals surface area contributed by atoms with Crippen LogP contribution in [0.3, 0.4) is 0 Å². The molecule has 112 valence electrons. The Morgan fingerprint density at radius 2 is 1.68 bits per heavy atom. The lowest BCUT2D eigenvalue weighted by Crippen LogP contribution is -1.92. The van der Waals surface area contributed by atoms with Crippen molar-refractivity contribution in [2.24, 2.45) is 0 Å². The summed E-state index contributed by atoms with van der Waals surface area (Å²) in [5.41, 5.74) is 5.36. The quantitative estimate of drug-likeness (QED) is 0.754. The molecule has 0 saturated heterocycles.